The van der Waals surface area contributed by atoms with Gasteiger partial charge in [-0.15, -0.1) is 5.10 Å². The molecule has 8 heteroatoms. The fourth-order valence-corrected chi connectivity index (χ4v) is 1.93. The van der Waals surface area contributed by atoms with Crippen LogP contribution in [0.25, 0.3) is 0 Å². The van der Waals surface area contributed by atoms with Crippen LogP contribution in [0.2, 0.25) is 5.02 Å². The number of benzene rings is 2. The SMILES string of the molecule is Fc1ccc(Nc2cnnc(Nc3ccc(Cl)cc3)n2)c(F)c1. The van der Waals surface area contributed by atoms with Gasteiger partial charge in [0, 0.05) is 16.8 Å². The molecule has 3 aromatic rings. The van der Waals surface area contributed by atoms with E-state index in [0.717, 1.165) is 17.8 Å². The second kappa shape index (κ2) is 6.53. The zero-order chi connectivity index (χ0) is 16.2. The van der Waals surface area contributed by atoms with Gasteiger partial charge in [-0.2, -0.15) is 10.1 Å². The Kier molecular flexibility index (Phi) is 4.29. The molecule has 1 heterocycles. The van der Waals surface area contributed by atoms with E-state index in [-0.39, 0.29) is 17.5 Å². The van der Waals surface area contributed by atoms with Crippen LogP contribution in [0.4, 0.5) is 31.9 Å². The van der Waals surface area contributed by atoms with Crippen LogP contribution in [0, 0.1) is 11.6 Å². The second-order valence-corrected chi connectivity index (χ2v) is 4.98. The number of hydrogen-bond acceptors (Lipinski definition) is 5. The molecule has 0 aliphatic carbocycles. The highest BCUT2D eigenvalue weighted by Crippen LogP contribution is 2.20. The summed E-state index contributed by atoms with van der Waals surface area (Å²) in [4.78, 5) is 4.16. The van der Waals surface area contributed by atoms with Crippen LogP contribution >= 0.6 is 11.6 Å². The third-order valence-electron chi connectivity index (χ3n) is 2.85. The summed E-state index contributed by atoms with van der Waals surface area (Å²) in [5, 5.41) is 13.9. The standard InChI is InChI=1S/C15H10ClF2N5/c16-9-1-4-11(5-2-9)20-15-22-14(8-19-23-15)21-13-6-3-10(17)7-12(13)18/h1-8H,(H2,20,21,22,23). The lowest BCUT2D eigenvalue weighted by molar-refractivity contribution is 0.586. The molecule has 0 atom stereocenters. The molecular weight excluding hydrogens is 324 g/mol. The van der Waals surface area contributed by atoms with Gasteiger partial charge in [0.2, 0.25) is 5.95 Å². The first-order valence-electron chi connectivity index (χ1n) is 6.54. The molecule has 0 aliphatic rings. The Hall–Kier alpha value is -2.80. The van der Waals surface area contributed by atoms with Crippen molar-refractivity contribution >= 4 is 34.7 Å². The molecule has 2 aromatic carbocycles. The van der Waals surface area contributed by atoms with E-state index in [2.05, 4.69) is 25.8 Å². The Morgan fingerprint density at radius 2 is 1.74 bits per heavy atom. The average molecular weight is 334 g/mol. The van der Waals surface area contributed by atoms with Gasteiger partial charge in [-0.25, -0.2) is 8.78 Å². The van der Waals surface area contributed by atoms with Crippen molar-refractivity contribution in [2.45, 2.75) is 0 Å². The smallest absolute Gasteiger partial charge is 0.249 e. The zero-order valence-corrected chi connectivity index (χ0v) is 12.4. The van der Waals surface area contributed by atoms with Crippen LogP contribution in [0.5, 0.6) is 0 Å². The molecule has 0 amide bonds. The highest BCUT2D eigenvalue weighted by Gasteiger charge is 2.06. The van der Waals surface area contributed by atoms with Gasteiger partial charge in [0.05, 0.1) is 11.9 Å². The first-order chi connectivity index (χ1) is 11.1. The molecule has 0 bridgehead atoms. The largest absolute Gasteiger partial charge is 0.336 e. The van der Waals surface area contributed by atoms with Crippen molar-refractivity contribution in [2.24, 2.45) is 0 Å². The highest BCUT2D eigenvalue weighted by molar-refractivity contribution is 6.30. The van der Waals surface area contributed by atoms with Crippen molar-refractivity contribution in [2.75, 3.05) is 10.6 Å². The summed E-state index contributed by atoms with van der Waals surface area (Å²) < 4.78 is 26.5. The number of halogens is 3. The predicted molar refractivity (Wildman–Crippen MR) is 84.2 cm³/mol. The minimum Gasteiger partial charge on any atom is -0.336 e. The number of anilines is 4. The lowest BCUT2D eigenvalue weighted by atomic mass is 10.3. The van der Waals surface area contributed by atoms with E-state index in [4.69, 9.17) is 11.6 Å². The van der Waals surface area contributed by atoms with Crippen LogP contribution in [-0.4, -0.2) is 15.2 Å². The van der Waals surface area contributed by atoms with E-state index in [1.54, 1.807) is 24.3 Å². The molecular formula is C15H10ClF2N5. The molecule has 0 unspecified atom stereocenters. The third kappa shape index (κ3) is 3.89. The van der Waals surface area contributed by atoms with Crippen LogP contribution in [-0.2, 0) is 0 Å². The molecule has 116 valence electrons. The topological polar surface area (TPSA) is 62.7 Å². The van der Waals surface area contributed by atoms with Crippen LogP contribution < -0.4 is 10.6 Å². The third-order valence-corrected chi connectivity index (χ3v) is 3.11. The summed E-state index contributed by atoms with van der Waals surface area (Å²) in [6, 6.07) is 10.1. The minimum atomic E-state index is -0.726. The number of hydrogen-bond donors (Lipinski definition) is 2. The van der Waals surface area contributed by atoms with Crippen molar-refractivity contribution < 1.29 is 8.78 Å². The summed E-state index contributed by atoms with van der Waals surface area (Å²) in [6.45, 7) is 0. The quantitative estimate of drug-likeness (QED) is 0.745. The van der Waals surface area contributed by atoms with Crippen molar-refractivity contribution in [1.82, 2.24) is 15.2 Å². The van der Waals surface area contributed by atoms with Gasteiger partial charge in [0.1, 0.15) is 11.6 Å². The molecule has 3 rings (SSSR count). The molecule has 2 N–H and O–H groups in total. The maximum absolute atomic E-state index is 13.6. The second-order valence-electron chi connectivity index (χ2n) is 4.55. The van der Waals surface area contributed by atoms with Gasteiger partial charge in [-0.1, -0.05) is 11.6 Å². The van der Waals surface area contributed by atoms with Gasteiger partial charge in [-0.3, -0.25) is 0 Å². The maximum atomic E-state index is 13.6. The maximum Gasteiger partial charge on any atom is 0.249 e. The normalized spacial score (nSPS) is 10.4. The van der Waals surface area contributed by atoms with Gasteiger partial charge in [-0.05, 0) is 36.4 Å². The first-order valence-corrected chi connectivity index (χ1v) is 6.92. The van der Waals surface area contributed by atoms with Gasteiger partial charge >= 0.3 is 0 Å². The summed E-state index contributed by atoms with van der Waals surface area (Å²) >= 11 is 5.81. The van der Waals surface area contributed by atoms with E-state index in [1.165, 1.54) is 12.3 Å². The van der Waals surface area contributed by atoms with Gasteiger partial charge < -0.3 is 10.6 Å². The minimum absolute atomic E-state index is 0.0874. The number of rotatable bonds is 4. The van der Waals surface area contributed by atoms with Crippen molar-refractivity contribution in [3.63, 3.8) is 0 Å². The Morgan fingerprint density at radius 1 is 0.957 bits per heavy atom. The summed E-state index contributed by atoms with van der Waals surface area (Å²) in [5.74, 6) is -0.892. The molecule has 23 heavy (non-hydrogen) atoms. The van der Waals surface area contributed by atoms with Crippen LogP contribution in [0.1, 0.15) is 0 Å². The molecule has 0 fully saturated rings. The average Bonchev–Trinajstić information content (AvgIpc) is 2.53. The first kappa shape index (κ1) is 15.1. The Labute approximate surface area is 135 Å². The fourth-order valence-electron chi connectivity index (χ4n) is 1.81. The van der Waals surface area contributed by atoms with Crippen LogP contribution in [0.15, 0.2) is 48.7 Å². The molecule has 0 saturated carbocycles. The molecule has 0 radical (unpaired) electrons. The zero-order valence-electron chi connectivity index (χ0n) is 11.6. The molecule has 0 aliphatic heterocycles. The fraction of sp³-hybridized carbons (Fsp3) is 0. The Morgan fingerprint density at radius 3 is 2.48 bits per heavy atom. The lowest BCUT2D eigenvalue weighted by Gasteiger charge is -2.08. The number of aromatic nitrogens is 3. The molecule has 0 spiro atoms. The summed E-state index contributed by atoms with van der Waals surface area (Å²) in [7, 11) is 0. The van der Waals surface area contributed by atoms with E-state index in [9.17, 15) is 8.78 Å². The van der Waals surface area contributed by atoms with E-state index >= 15 is 0 Å². The number of nitrogens with one attached hydrogen (secondary N) is 2. The Balaban J connectivity index is 1.78. The number of nitrogens with zero attached hydrogens (tertiary/aromatic N) is 3. The molecule has 5 nitrogen and oxygen atoms in total. The lowest BCUT2D eigenvalue weighted by Crippen LogP contribution is -2.03. The highest BCUT2D eigenvalue weighted by atomic mass is 35.5. The monoisotopic (exact) mass is 333 g/mol. The van der Waals surface area contributed by atoms with E-state index in [0.29, 0.717) is 5.02 Å². The van der Waals surface area contributed by atoms with Crippen LogP contribution in [0.3, 0.4) is 0 Å². The van der Waals surface area contributed by atoms with Gasteiger partial charge in [0.15, 0.2) is 5.82 Å². The van der Waals surface area contributed by atoms with Crippen molar-refractivity contribution in [3.05, 3.63) is 65.3 Å². The Bertz CT molecular complexity index is 826. The summed E-state index contributed by atoms with van der Waals surface area (Å²) in [5.41, 5.74) is 0.811. The molecule has 0 saturated heterocycles. The van der Waals surface area contributed by atoms with Gasteiger partial charge in [0.25, 0.3) is 0 Å². The van der Waals surface area contributed by atoms with Crippen molar-refractivity contribution in [1.29, 1.82) is 0 Å². The van der Waals surface area contributed by atoms with E-state index in [1.807, 2.05) is 0 Å². The van der Waals surface area contributed by atoms with Crippen molar-refractivity contribution in [3.8, 4) is 0 Å². The predicted octanol–water partition coefficient (Wildman–Crippen LogP) is 4.29. The summed E-state index contributed by atoms with van der Waals surface area (Å²) in [6.07, 6.45) is 1.33. The van der Waals surface area contributed by atoms with E-state index < -0.39 is 11.6 Å². The molecule has 1 aromatic heterocycles.